The van der Waals surface area contributed by atoms with Crippen LogP contribution < -0.4 is 4.74 Å². The summed E-state index contributed by atoms with van der Waals surface area (Å²) in [5.74, 6) is 0.718. The van der Waals surface area contributed by atoms with Gasteiger partial charge in [0, 0.05) is 50.2 Å². The van der Waals surface area contributed by atoms with Gasteiger partial charge in [-0.05, 0) is 50.5 Å². The van der Waals surface area contributed by atoms with Gasteiger partial charge in [0.15, 0.2) is 0 Å². The third-order valence-electron chi connectivity index (χ3n) is 5.62. The largest absolute Gasteiger partial charge is 0.487 e. The number of benzene rings is 1. The number of carbonyl (C=O) groups excluding carboxylic acids is 2. The van der Waals surface area contributed by atoms with Crippen LogP contribution in [0.15, 0.2) is 29.6 Å². The highest BCUT2D eigenvalue weighted by atomic mass is 32.1. The van der Waals surface area contributed by atoms with Gasteiger partial charge in [0.05, 0.1) is 10.7 Å². The maximum Gasteiger partial charge on any atom is 0.320 e. The average Bonchev–Trinajstić information content (AvgIpc) is 3.23. The minimum atomic E-state index is 0.00162. The van der Waals surface area contributed by atoms with Gasteiger partial charge in [-0.2, -0.15) is 0 Å². The van der Waals surface area contributed by atoms with Crippen LogP contribution in [0.25, 0.3) is 0 Å². The molecule has 2 aliphatic heterocycles. The van der Waals surface area contributed by atoms with Crippen molar-refractivity contribution in [1.29, 1.82) is 0 Å². The van der Waals surface area contributed by atoms with Gasteiger partial charge in [0.25, 0.3) is 5.91 Å². The minimum absolute atomic E-state index is 0.00162. The molecule has 0 aliphatic carbocycles. The Bertz CT molecular complexity index is 869. The topological polar surface area (TPSA) is 66.0 Å². The molecule has 0 spiro atoms. The fourth-order valence-electron chi connectivity index (χ4n) is 3.89. The molecule has 7 nitrogen and oxygen atoms in total. The second-order valence-electron chi connectivity index (χ2n) is 7.78. The van der Waals surface area contributed by atoms with E-state index in [4.69, 9.17) is 4.74 Å². The molecule has 3 amide bonds. The monoisotopic (exact) mass is 428 g/mol. The van der Waals surface area contributed by atoms with Gasteiger partial charge in [-0.25, -0.2) is 9.78 Å². The van der Waals surface area contributed by atoms with E-state index in [9.17, 15) is 9.59 Å². The molecule has 4 rings (SSSR count). The van der Waals surface area contributed by atoms with E-state index < -0.39 is 0 Å². The van der Waals surface area contributed by atoms with Gasteiger partial charge in [0.2, 0.25) is 0 Å². The maximum atomic E-state index is 12.8. The fraction of sp³-hybridized carbons (Fsp3) is 0.500. The summed E-state index contributed by atoms with van der Waals surface area (Å²) in [6.07, 6.45) is 3.39. The number of aromatic nitrogens is 1. The third kappa shape index (κ3) is 4.92. The van der Waals surface area contributed by atoms with Crippen molar-refractivity contribution in [2.75, 3.05) is 39.3 Å². The molecule has 0 radical (unpaired) electrons. The number of likely N-dealkylation sites (tertiary alicyclic amines) is 1. The molecule has 0 unspecified atom stereocenters. The molecule has 0 bridgehead atoms. The second-order valence-corrected chi connectivity index (χ2v) is 8.84. The SMILES string of the molecule is Cc1nc(COc2ccc(C(=O)N3CCN(C(=O)N4CCCCC4)CC3)cc2)cs1. The Morgan fingerprint density at radius 3 is 2.20 bits per heavy atom. The van der Waals surface area contributed by atoms with Crippen molar-refractivity contribution in [3.05, 3.63) is 45.9 Å². The van der Waals surface area contributed by atoms with Crippen LogP contribution in [0.1, 0.15) is 40.3 Å². The van der Waals surface area contributed by atoms with Gasteiger partial charge < -0.3 is 19.4 Å². The summed E-state index contributed by atoms with van der Waals surface area (Å²) in [4.78, 5) is 35.5. The Hall–Kier alpha value is -2.61. The number of hydrogen-bond donors (Lipinski definition) is 0. The minimum Gasteiger partial charge on any atom is -0.487 e. The smallest absolute Gasteiger partial charge is 0.320 e. The van der Waals surface area contributed by atoms with E-state index in [1.807, 2.05) is 39.1 Å². The Kier molecular flexibility index (Phi) is 6.52. The van der Waals surface area contributed by atoms with Crippen LogP contribution in [-0.4, -0.2) is 70.9 Å². The molecule has 1 aromatic heterocycles. The third-order valence-corrected chi connectivity index (χ3v) is 6.44. The zero-order valence-electron chi connectivity index (χ0n) is 17.4. The average molecular weight is 429 g/mol. The molecule has 160 valence electrons. The number of amides is 3. The van der Waals surface area contributed by atoms with Crippen LogP contribution in [0.4, 0.5) is 4.79 Å². The predicted octanol–water partition coefficient (Wildman–Crippen LogP) is 3.39. The Labute approximate surface area is 181 Å². The van der Waals surface area contributed by atoms with Crippen LogP contribution in [-0.2, 0) is 6.61 Å². The zero-order chi connectivity index (χ0) is 20.9. The van der Waals surface area contributed by atoms with Crippen molar-refractivity contribution in [3.8, 4) is 5.75 Å². The van der Waals surface area contributed by atoms with Crippen LogP contribution in [0.5, 0.6) is 5.75 Å². The van der Waals surface area contributed by atoms with E-state index in [-0.39, 0.29) is 11.9 Å². The molecule has 2 saturated heterocycles. The highest BCUT2D eigenvalue weighted by molar-refractivity contribution is 7.09. The van der Waals surface area contributed by atoms with Crippen LogP contribution in [0.2, 0.25) is 0 Å². The summed E-state index contributed by atoms with van der Waals surface area (Å²) in [5, 5.41) is 3.01. The number of carbonyl (C=O) groups is 2. The second kappa shape index (κ2) is 9.47. The number of nitrogens with zero attached hydrogens (tertiary/aromatic N) is 4. The predicted molar refractivity (Wildman–Crippen MR) is 116 cm³/mol. The van der Waals surface area contributed by atoms with Gasteiger partial charge in [-0.3, -0.25) is 4.79 Å². The van der Waals surface area contributed by atoms with E-state index in [0.29, 0.717) is 44.1 Å². The molecule has 8 heteroatoms. The van der Waals surface area contributed by atoms with Crippen LogP contribution in [0, 0.1) is 6.92 Å². The molecule has 30 heavy (non-hydrogen) atoms. The molecule has 1 aromatic carbocycles. The summed E-state index contributed by atoms with van der Waals surface area (Å²) < 4.78 is 5.75. The lowest BCUT2D eigenvalue weighted by Crippen LogP contribution is -2.54. The van der Waals surface area contributed by atoms with E-state index in [2.05, 4.69) is 4.98 Å². The summed E-state index contributed by atoms with van der Waals surface area (Å²) in [7, 11) is 0. The number of piperidine rings is 1. The van der Waals surface area contributed by atoms with E-state index in [1.54, 1.807) is 23.5 Å². The lowest BCUT2D eigenvalue weighted by molar-refractivity contribution is 0.0633. The zero-order valence-corrected chi connectivity index (χ0v) is 18.2. The van der Waals surface area contributed by atoms with Crippen molar-refractivity contribution in [2.24, 2.45) is 0 Å². The Morgan fingerprint density at radius 1 is 0.933 bits per heavy atom. The van der Waals surface area contributed by atoms with Gasteiger partial charge in [-0.1, -0.05) is 0 Å². The molecule has 0 atom stereocenters. The van der Waals surface area contributed by atoms with Crippen LogP contribution >= 0.6 is 11.3 Å². The Morgan fingerprint density at radius 2 is 1.57 bits per heavy atom. The molecule has 2 fully saturated rings. The first kappa shape index (κ1) is 20.7. The number of rotatable bonds is 4. The first-order valence-corrected chi connectivity index (χ1v) is 11.4. The van der Waals surface area contributed by atoms with E-state index in [0.717, 1.165) is 36.6 Å². The molecule has 2 aromatic rings. The summed E-state index contributed by atoms with van der Waals surface area (Å²) >= 11 is 1.60. The molecule has 2 aliphatic rings. The maximum absolute atomic E-state index is 12.8. The van der Waals surface area contributed by atoms with Crippen LogP contribution in [0.3, 0.4) is 0 Å². The highest BCUT2D eigenvalue weighted by Gasteiger charge is 2.28. The normalized spacial score (nSPS) is 17.2. The quantitative estimate of drug-likeness (QED) is 0.749. The van der Waals surface area contributed by atoms with Crippen molar-refractivity contribution >= 4 is 23.3 Å². The number of aryl methyl sites for hydroxylation is 1. The number of ether oxygens (including phenoxy) is 1. The number of urea groups is 1. The van der Waals surface area contributed by atoms with Crippen molar-refractivity contribution in [1.82, 2.24) is 19.7 Å². The lowest BCUT2D eigenvalue weighted by Gasteiger charge is -2.38. The molecule has 0 N–H and O–H groups in total. The first-order chi connectivity index (χ1) is 14.6. The summed E-state index contributed by atoms with van der Waals surface area (Å²) in [6.45, 7) is 6.43. The number of thiazole rings is 1. The Balaban J connectivity index is 1.27. The van der Waals surface area contributed by atoms with Gasteiger partial charge in [0.1, 0.15) is 12.4 Å². The van der Waals surface area contributed by atoms with E-state index >= 15 is 0 Å². The van der Waals surface area contributed by atoms with Crippen molar-refractivity contribution < 1.29 is 14.3 Å². The molecular formula is C22H28N4O3S. The first-order valence-electron chi connectivity index (χ1n) is 10.6. The summed E-state index contributed by atoms with van der Waals surface area (Å²) in [6, 6.07) is 7.37. The van der Waals surface area contributed by atoms with E-state index in [1.165, 1.54) is 6.42 Å². The standard InChI is InChI=1S/C22H28N4O3S/c1-17-23-19(16-30-17)15-29-20-7-5-18(6-8-20)21(27)24-11-13-26(14-12-24)22(28)25-9-3-2-4-10-25/h5-8,16H,2-4,9-15H2,1H3. The number of hydrogen-bond acceptors (Lipinski definition) is 5. The molecular weight excluding hydrogens is 400 g/mol. The van der Waals surface area contributed by atoms with Gasteiger partial charge >= 0.3 is 6.03 Å². The van der Waals surface area contributed by atoms with Crippen molar-refractivity contribution in [2.45, 2.75) is 32.8 Å². The summed E-state index contributed by atoms with van der Waals surface area (Å²) in [5.41, 5.74) is 1.55. The molecule has 3 heterocycles. The molecule has 0 saturated carbocycles. The lowest BCUT2D eigenvalue weighted by atomic mass is 10.1. The highest BCUT2D eigenvalue weighted by Crippen LogP contribution is 2.18. The number of piperazine rings is 1. The van der Waals surface area contributed by atoms with Gasteiger partial charge in [-0.15, -0.1) is 11.3 Å². The fourth-order valence-corrected chi connectivity index (χ4v) is 4.49. The van der Waals surface area contributed by atoms with Crippen molar-refractivity contribution in [3.63, 3.8) is 0 Å².